The molecule has 0 unspecified atom stereocenters. The van der Waals surface area contributed by atoms with E-state index in [1.165, 1.54) is 0 Å². The molecule has 2 aromatic rings. The van der Waals surface area contributed by atoms with Crippen LogP contribution in [0.4, 0.5) is 0 Å². The summed E-state index contributed by atoms with van der Waals surface area (Å²) in [5, 5.41) is 7.69. The number of carbonyl (C=O) groups is 1. The average molecular weight is 391 g/mol. The summed E-state index contributed by atoms with van der Waals surface area (Å²) < 4.78 is 7.29. The molecule has 1 aromatic carbocycles. The number of aromatic nitrogens is 2. The van der Waals surface area contributed by atoms with Crippen molar-refractivity contribution in [2.24, 2.45) is 13.0 Å². The number of benzene rings is 1. The Morgan fingerprint density at radius 1 is 1.33 bits per heavy atom. The van der Waals surface area contributed by atoms with Crippen molar-refractivity contribution in [2.45, 2.75) is 31.3 Å². The molecule has 146 valence electrons. The van der Waals surface area contributed by atoms with Gasteiger partial charge >= 0.3 is 0 Å². The first-order valence-corrected chi connectivity index (χ1v) is 9.29. The molecule has 2 atom stereocenters. The molecule has 0 spiro atoms. The lowest BCUT2D eigenvalue weighted by molar-refractivity contribution is -0.136. The number of hydrogen-bond acceptors (Lipinski definition) is 4. The van der Waals surface area contributed by atoms with Crippen LogP contribution in [-0.4, -0.2) is 46.8 Å². The number of halogens is 1. The van der Waals surface area contributed by atoms with E-state index in [9.17, 15) is 4.79 Å². The molecule has 4 rings (SSSR count). The van der Waals surface area contributed by atoms with Crippen LogP contribution in [0.15, 0.2) is 36.7 Å². The summed E-state index contributed by atoms with van der Waals surface area (Å²) in [6, 6.07) is 8.34. The Morgan fingerprint density at radius 3 is 2.78 bits per heavy atom. The second-order valence-corrected chi connectivity index (χ2v) is 7.33. The Hall–Kier alpha value is -2.05. The molecule has 6 nitrogen and oxygen atoms in total. The molecule has 2 aliphatic rings. The van der Waals surface area contributed by atoms with Crippen LogP contribution in [0.2, 0.25) is 0 Å². The lowest BCUT2D eigenvalue weighted by Gasteiger charge is -2.28. The summed E-state index contributed by atoms with van der Waals surface area (Å²) in [5.41, 5.74) is 2.21. The van der Waals surface area contributed by atoms with Gasteiger partial charge in [-0.3, -0.25) is 9.48 Å². The zero-order chi connectivity index (χ0) is 18.1. The van der Waals surface area contributed by atoms with Crippen molar-refractivity contribution in [3.8, 4) is 5.75 Å². The summed E-state index contributed by atoms with van der Waals surface area (Å²) in [6.45, 7) is 2.17. The van der Waals surface area contributed by atoms with Crippen LogP contribution in [0, 0.1) is 5.92 Å². The summed E-state index contributed by atoms with van der Waals surface area (Å²) in [6.07, 6.45) is 6.11. The van der Waals surface area contributed by atoms with Crippen LogP contribution in [-0.2, 0) is 18.4 Å². The van der Waals surface area contributed by atoms with Gasteiger partial charge in [0.2, 0.25) is 5.91 Å². The third-order valence-electron chi connectivity index (χ3n) is 5.49. The number of nitrogens with zero attached hydrogens (tertiary/aromatic N) is 3. The van der Waals surface area contributed by atoms with Crippen LogP contribution in [0.25, 0.3) is 0 Å². The van der Waals surface area contributed by atoms with Crippen molar-refractivity contribution in [2.75, 3.05) is 20.2 Å². The Kier molecular flexibility index (Phi) is 6.07. The van der Waals surface area contributed by atoms with Gasteiger partial charge in [0.25, 0.3) is 0 Å². The Balaban J connectivity index is 0.00000210. The first-order chi connectivity index (χ1) is 12.7. The number of rotatable bonds is 6. The van der Waals surface area contributed by atoms with Crippen molar-refractivity contribution in [3.63, 3.8) is 0 Å². The molecular formula is C20H27ClN4O2. The summed E-state index contributed by atoms with van der Waals surface area (Å²) in [4.78, 5) is 15.5. The molecule has 27 heavy (non-hydrogen) atoms. The van der Waals surface area contributed by atoms with Gasteiger partial charge in [0.15, 0.2) is 0 Å². The van der Waals surface area contributed by atoms with Gasteiger partial charge in [-0.25, -0.2) is 0 Å². The third kappa shape index (κ3) is 4.12. The van der Waals surface area contributed by atoms with E-state index in [1.54, 1.807) is 7.11 Å². The highest BCUT2D eigenvalue weighted by Gasteiger charge is 2.41. The summed E-state index contributed by atoms with van der Waals surface area (Å²) in [5.74, 6) is 1.25. The molecule has 2 heterocycles. The van der Waals surface area contributed by atoms with E-state index in [4.69, 9.17) is 4.74 Å². The quantitative estimate of drug-likeness (QED) is 0.822. The highest BCUT2D eigenvalue weighted by molar-refractivity contribution is 5.85. The van der Waals surface area contributed by atoms with Gasteiger partial charge in [-0.15, -0.1) is 12.4 Å². The van der Waals surface area contributed by atoms with E-state index < -0.39 is 0 Å². The highest BCUT2D eigenvalue weighted by Crippen LogP contribution is 2.35. The molecule has 0 bridgehead atoms. The van der Waals surface area contributed by atoms with Gasteiger partial charge in [0.1, 0.15) is 5.75 Å². The van der Waals surface area contributed by atoms with Crippen molar-refractivity contribution >= 4 is 18.3 Å². The highest BCUT2D eigenvalue weighted by atomic mass is 35.5. The van der Waals surface area contributed by atoms with Crippen LogP contribution in [0.1, 0.15) is 29.9 Å². The van der Waals surface area contributed by atoms with E-state index in [1.807, 2.05) is 48.4 Å². The van der Waals surface area contributed by atoms with Crippen LogP contribution < -0.4 is 10.1 Å². The number of carbonyl (C=O) groups excluding carboxylic acids is 1. The summed E-state index contributed by atoms with van der Waals surface area (Å²) in [7, 11) is 3.60. The minimum absolute atomic E-state index is 0. The van der Waals surface area contributed by atoms with Gasteiger partial charge in [-0.1, -0.05) is 18.2 Å². The predicted octanol–water partition coefficient (Wildman–Crippen LogP) is 2.34. The lowest BCUT2D eigenvalue weighted by Crippen LogP contribution is -2.39. The van der Waals surface area contributed by atoms with E-state index >= 15 is 0 Å². The zero-order valence-corrected chi connectivity index (χ0v) is 16.6. The van der Waals surface area contributed by atoms with Crippen molar-refractivity contribution in [1.29, 1.82) is 0 Å². The average Bonchev–Trinajstić information content (AvgIpc) is 3.21. The van der Waals surface area contributed by atoms with Gasteiger partial charge in [-0.05, 0) is 24.5 Å². The predicted molar refractivity (Wildman–Crippen MR) is 106 cm³/mol. The lowest BCUT2D eigenvalue weighted by atomic mass is 9.89. The molecule has 0 radical (unpaired) electrons. The second-order valence-electron chi connectivity index (χ2n) is 7.33. The van der Waals surface area contributed by atoms with E-state index in [0.29, 0.717) is 12.6 Å². The molecule has 1 saturated heterocycles. The fourth-order valence-electron chi connectivity index (χ4n) is 3.92. The van der Waals surface area contributed by atoms with Crippen molar-refractivity contribution in [3.05, 3.63) is 47.8 Å². The van der Waals surface area contributed by atoms with Gasteiger partial charge in [-0.2, -0.15) is 5.10 Å². The van der Waals surface area contributed by atoms with Crippen LogP contribution in [0.5, 0.6) is 5.75 Å². The molecule has 1 amide bonds. The smallest absolute Gasteiger partial charge is 0.228 e. The number of hydrogen-bond donors (Lipinski definition) is 1. The number of methoxy groups -OCH3 is 1. The standard InChI is InChI=1S/C20H26N4O2.ClH/c1-23-12-15(9-22-23)17-10-21-11-18(17)20(25)24(16-7-8-16)13-14-5-3-4-6-19(14)26-2;/h3-6,9,12,16-18,21H,7-8,10-11,13H2,1-2H3;1H/t17-,18+;/m1./s1. The third-order valence-corrected chi connectivity index (χ3v) is 5.49. The Labute approximate surface area is 166 Å². The van der Waals surface area contributed by atoms with Gasteiger partial charge in [0.05, 0.1) is 19.2 Å². The van der Waals surface area contributed by atoms with E-state index in [-0.39, 0.29) is 30.2 Å². The maximum Gasteiger partial charge on any atom is 0.228 e. The van der Waals surface area contributed by atoms with Crippen LogP contribution in [0.3, 0.4) is 0 Å². The fourth-order valence-corrected chi connectivity index (χ4v) is 3.92. The number of nitrogens with one attached hydrogen (secondary N) is 1. The molecular weight excluding hydrogens is 364 g/mol. The molecule has 1 aliphatic carbocycles. The molecule has 1 saturated carbocycles. The second kappa shape index (κ2) is 8.31. The molecule has 1 N–H and O–H groups in total. The maximum atomic E-state index is 13.4. The Bertz CT molecular complexity index is 790. The summed E-state index contributed by atoms with van der Waals surface area (Å²) >= 11 is 0. The van der Waals surface area contributed by atoms with Gasteiger partial charge < -0.3 is 15.0 Å². The zero-order valence-electron chi connectivity index (χ0n) is 15.8. The normalized spacial score (nSPS) is 21.6. The SMILES string of the molecule is COc1ccccc1CN(C(=O)[C@H]1CNC[C@@H]1c1cnn(C)c1)C1CC1.Cl. The Morgan fingerprint density at radius 2 is 2.11 bits per heavy atom. The first-order valence-electron chi connectivity index (χ1n) is 9.29. The largest absolute Gasteiger partial charge is 0.496 e. The minimum Gasteiger partial charge on any atom is -0.496 e. The van der Waals surface area contributed by atoms with Gasteiger partial charge in [0, 0.05) is 50.4 Å². The van der Waals surface area contributed by atoms with E-state index in [0.717, 1.165) is 42.8 Å². The van der Waals surface area contributed by atoms with Crippen LogP contribution >= 0.6 is 12.4 Å². The topological polar surface area (TPSA) is 59.4 Å². The molecule has 1 aliphatic heterocycles. The monoisotopic (exact) mass is 390 g/mol. The molecule has 7 heteroatoms. The van der Waals surface area contributed by atoms with Crippen molar-refractivity contribution < 1.29 is 9.53 Å². The van der Waals surface area contributed by atoms with E-state index in [2.05, 4.69) is 15.3 Å². The molecule has 1 aromatic heterocycles. The number of ether oxygens (including phenoxy) is 1. The molecule has 2 fully saturated rings. The fraction of sp³-hybridized carbons (Fsp3) is 0.500. The minimum atomic E-state index is -0.0329. The number of aryl methyl sites for hydroxylation is 1. The number of para-hydroxylation sites is 1. The number of amides is 1. The first kappa shape index (κ1) is 19.7. The maximum absolute atomic E-state index is 13.4. The van der Waals surface area contributed by atoms with Crippen molar-refractivity contribution in [1.82, 2.24) is 20.0 Å².